The van der Waals surface area contributed by atoms with Gasteiger partial charge in [0.05, 0.1) is 17.4 Å². The van der Waals surface area contributed by atoms with Gasteiger partial charge in [0, 0.05) is 19.6 Å². The average Bonchev–Trinajstić information content (AvgIpc) is 2.68. The van der Waals surface area contributed by atoms with Crippen molar-refractivity contribution >= 4 is 15.7 Å². The molecule has 6 heteroatoms. The lowest BCUT2D eigenvalue weighted by Crippen LogP contribution is -2.47. The first-order valence-electron chi connectivity index (χ1n) is 6.57. The highest BCUT2D eigenvalue weighted by Crippen LogP contribution is 2.22. The molecule has 3 atom stereocenters. The minimum atomic E-state index is -2.93. The van der Waals surface area contributed by atoms with Gasteiger partial charge >= 0.3 is 0 Å². The molecule has 1 N–H and O–H groups in total. The first kappa shape index (κ1) is 13.8. The van der Waals surface area contributed by atoms with Gasteiger partial charge in [-0.2, -0.15) is 0 Å². The topological polar surface area (TPSA) is 66.5 Å². The second kappa shape index (κ2) is 5.17. The van der Waals surface area contributed by atoms with Crippen LogP contribution in [0.4, 0.5) is 0 Å². The van der Waals surface area contributed by atoms with Crippen molar-refractivity contribution in [3.8, 4) is 0 Å². The predicted octanol–water partition coefficient (Wildman–Crippen LogP) is -0.122. The zero-order valence-electron chi connectivity index (χ0n) is 11.1. The fraction of sp³-hybridized carbons (Fsp3) is 0.917. The third kappa shape index (κ3) is 3.03. The summed E-state index contributed by atoms with van der Waals surface area (Å²) < 4.78 is 22.9. The molecule has 0 aliphatic carbocycles. The molecule has 2 rings (SSSR count). The number of piperidine rings is 1. The van der Waals surface area contributed by atoms with Crippen LogP contribution in [0.1, 0.15) is 19.8 Å². The van der Waals surface area contributed by atoms with Gasteiger partial charge < -0.3 is 10.2 Å². The van der Waals surface area contributed by atoms with Gasteiger partial charge in [-0.05, 0) is 25.3 Å². The van der Waals surface area contributed by atoms with E-state index in [9.17, 15) is 13.2 Å². The number of hydrogen-bond acceptors (Lipinski definition) is 4. The summed E-state index contributed by atoms with van der Waals surface area (Å²) in [5.74, 6) is 0.950. The molecule has 5 nitrogen and oxygen atoms in total. The molecule has 104 valence electrons. The minimum absolute atomic E-state index is 0.00190. The Balaban J connectivity index is 1.96. The highest BCUT2D eigenvalue weighted by atomic mass is 32.2. The lowest BCUT2D eigenvalue weighted by molar-refractivity contribution is -0.136. The zero-order valence-corrected chi connectivity index (χ0v) is 11.9. The average molecular weight is 274 g/mol. The highest BCUT2D eigenvalue weighted by Gasteiger charge is 2.35. The van der Waals surface area contributed by atoms with Crippen LogP contribution in [0.25, 0.3) is 0 Å². The van der Waals surface area contributed by atoms with Gasteiger partial charge in [-0.3, -0.25) is 4.79 Å². The summed E-state index contributed by atoms with van der Waals surface area (Å²) in [6.45, 7) is 3.81. The van der Waals surface area contributed by atoms with Crippen LogP contribution in [0.15, 0.2) is 0 Å². The molecule has 0 aromatic heterocycles. The molecular formula is C12H22N2O3S. The summed E-state index contributed by atoms with van der Waals surface area (Å²) in [7, 11) is -1.18. The van der Waals surface area contributed by atoms with Crippen LogP contribution in [0.2, 0.25) is 0 Å². The van der Waals surface area contributed by atoms with Crippen molar-refractivity contribution in [3.63, 3.8) is 0 Å². The number of carbonyl (C=O) groups is 1. The number of hydrogen-bond donors (Lipinski definition) is 1. The predicted molar refractivity (Wildman–Crippen MR) is 70.0 cm³/mol. The van der Waals surface area contributed by atoms with Crippen LogP contribution in [0.5, 0.6) is 0 Å². The summed E-state index contributed by atoms with van der Waals surface area (Å²) in [5, 5.41) is 3.26. The molecule has 0 aromatic rings. The van der Waals surface area contributed by atoms with E-state index in [1.54, 1.807) is 11.9 Å². The summed E-state index contributed by atoms with van der Waals surface area (Å²) >= 11 is 0. The van der Waals surface area contributed by atoms with Crippen molar-refractivity contribution in [3.05, 3.63) is 0 Å². The van der Waals surface area contributed by atoms with Gasteiger partial charge in [-0.1, -0.05) is 6.92 Å². The van der Waals surface area contributed by atoms with E-state index in [1.807, 2.05) is 0 Å². The molecule has 0 spiro atoms. The maximum Gasteiger partial charge on any atom is 0.226 e. The number of nitrogens with one attached hydrogen (secondary N) is 1. The molecular weight excluding hydrogens is 252 g/mol. The summed E-state index contributed by atoms with van der Waals surface area (Å²) in [6.07, 6.45) is 1.48. The second-order valence-corrected chi connectivity index (χ2v) is 7.93. The molecule has 18 heavy (non-hydrogen) atoms. The van der Waals surface area contributed by atoms with E-state index in [-0.39, 0.29) is 29.4 Å². The third-order valence-corrected chi connectivity index (χ3v) is 5.77. The molecule has 0 radical (unpaired) electrons. The Hall–Kier alpha value is -0.620. The molecule has 2 aliphatic heterocycles. The first-order valence-corrected chi connectivity index (χ1v) is 8.39. The number of nitrogens with zero attached hydrogens (tertiary/aromatic N) is 1. The Bertz CT molecular complexity index is 421. The standard InChI is InChI=1S/C12H22N2O3S/c1-9-5-10(7-13-6-9)12(15)14(2)11-3-4-18(16,17)8-11/h9-11,13H,3-8H2,1-2H3. The summed E-state index contributed by atoms with van der Waals surface area (Å²) in [6, 6.07) is -0.125. The van der Waals surface area contributed by atoms with Crippen LogP contribution in [-0.4, -0.2) is 56.9 Å². The Morgan fingerprint density at radius 1 is 1.33 bits per heavy atom. The lowest BCUT2D eigenvalue weighted by Gasteiger charge is -2.32. The van der Waals surface area contributed by atoms with Crippen molar-refractivity contribution < 1.29 is 13.2 Å². The van der Waals surface area contributed by atoms with Crippen molar-refractivity contribution in [1.82, 2.24) is 10.2 Å². The van der Waals surface area contributed by atoms with E-state index in [2.05, 4.69) is 12.2 Å². The van der Waals surface area contributed by atoms with Gasteiger partial charge in [0.2, 0.25) is 5.91 Å². The largest absolute Gasteiger partial charge is 0.341 e. The molecule has 0 bridgehead atoms. The van der Waals surface area contributed by atoms with Gasteiger partial charge in [0.15, 0.2) is 9.84 Å². The maximum atomic E-state index is 12.3. The molecule has 2 fully saturated rings. The van der Waals surface area contributed by atoms with E-state index in [0.29, 0.717) is 18.9 Å². The fourth-order valence-corrected chi connectivity index (χ4v) is 4.67. The van der Waals surface area contributed by atoms with Gasteiger partial charge in [0.1, 0.15) is 0 Å². The molecule has 2 heterocycles. The number of amides is 1. The number of carbonyl (C=O) groups excluding carboxylic acids is 1. The van der Waals surface area contributed by atoms with Crippen LogP contribution in [0, 0.1) is 11.8 Å². The molecule has 3 unspecified atom stereocenters. The third-order valence-electron chi connectivity index (χ3n) is 4.02. The minimum Gasteiger partial charge on any atom is -0.341 e. The molecule has 2 aliphatic rings. The molecule has 2 saturated heterocycles. The van der Waals surface area contributed by atoms with Crippen LogP contribution in [0.3, 0.4) is 0 Å². The zero-order chi connectivity index (χ0) is 13.3. The van der Waals surface area contributed by atoms with Crippen LogP contribution >= 0.6 is 0 Å². The Morgan fingerprint density at radius 3 is 2.61 bits per heavy atom. The Labute approximate surface area is 109 Å². The quantitative estimate of drug-likeness (QED) is 0.762. The number of rotatable bonds is 2. The van der Waals surface area contributed by atoms with E-state index < -0.39 is 9.84 Å². The second-order valence-electron chi connectivity index (χ2n) is 5.70. The van der Waals surface area contributed by atoms with Crippen LogP contribution in [-0.2, 0) is 14.6 Å². The van der Waals surface area contributed by atoms with Gasteiger partial charge in [-0.25, -0.2) is 8.42 Å². The van der Waals surface area contributed by atoms with Crippen molar-refractivity contribution in [1.29, 1.82) is 0 Å². The molecule has 0 aromatic carbocycles. The summed E-state index contributed by atoms with van der Waals surface area (Å²) in [4.78, 5) is 14.0. The van der Waals surface area contributed by atoms with E-state index in [1.165, 1.54) is 0 Å². The van der Waals surface area contributed by atoms with Crippen LogP contribution < -0.4 is 5.32 Å². The number of sulfone groups is 1. The van der Waals surface area contributed by atoms with E-state index in [4.69, 9.17) is 0 Å². The first-order chi connectivity index (χ1) is 8.39. The Kier molecular flexibility index (Phi) is 3.96. The lowest BCUT2D eigenvalue weighted by atomic mass is 9.90. The van der Waals surface area contributed by atoms with Gasteiger partial charge in [0.25, 0.3) is 0 Å². The fourth-order valence-electron chi connectivity index (χ4n) is 2.89. The van der Waals surface area contributed by atoms with Gasteiger partial charge in [-0.15, -0.1) is 0 Å². The SMILES string of the molecule is CC1CNCC(C(=O)N(C)C2CCS(=O)(=O)C2)C1. The maximum absolute atomic E-state index is 12.3. The van der Waals surface area contributed by atoms with Crippen molar-refractivity contribution in [2.75, 3.05) is 31.6 Å². The monoisotopic (exact) mass is 274 g/mol. The van der Waals surface area contributed by atoms with E-state index >= 15 is 0 Å². The smallest absolute Gasteiger partial charge is 0.226 e. The normalized spacial score (nSPS) is 35.3. The summed E-state index contributed by atoms with van der Waals surface area (Å²) in [5.41, 5.74) is 0. The molecule has 0 saturated carbocycles. The Morgan fingerprint density at radius 2 is 2.06 bits per heavy atom. The highest BCUT2D eigenvalue weighted by molar-refractivity contribution is 7.91. The molecule has 1 amide bonds. The van der Waals surface area contributed by atoms with E-state index in [0.717, 1.165) is 13.0 Å². The van der Waals surface area contributed by atoms with Crippen molar-refractivity contribution in [2.45, 2.75) is 25.8 Å². The van der Waals surface area contributed by atoms with Crippen molar-refractivity contribution in [2.24, 2.45) is 11.8 Å².